The fourth-order valence-electron chi connectivity index (χ4n) is 3.47. The van der Waals surface area contributed by atoms with Crippen molar-refractivity contribution in [3.8, 4) is 11.8 Å². The topological polar surface area (TPSA) is 74.6 Å². The van der Waals surface area contributed by atoms with Gasteiger partial charge in [-0.3, -0.25) is 4.79 Å². The van der Waals surface area contributed by atoms with Crippen LogP contribution in [0.2, 0.25) is 0 Å². The van der Waals surface area contributed by atoms with Crippen LogP contribution in [-0.4, -0.2) is 55.3 Å². The SMILES string of the molecule is CC(=O)N1CCC(N[C@@H]2CCOC[C@H]2Oc2ccc(C#N)cc2)CC1. The van der Waals surface area contributed by atoms with Crippen LogP contribution in [0.1, 0.15) is 31.7 Å². The monoisotopic (exact) mass is 343 g/mol. The lowest BCUT2D eigenvalue weighted by atomic mass is 9.99. The number of carbonyl (C=O) groups excluding carboxylic acids is 1. The summed E-state index contributed by atoms with van der Waals surface area (Å²) in [6.45, 7) is 4.56. The zero-order chi connectivity index (χ0) is 17.6. The fraction of sp³-hybridized carbons (Fsp3) is 0.579. The first kappa shape index (κ1) is 17.7. The molecule has 0 spiro atoms. The Labute approximate surface area is 148 Å². The molecule has 2 aliphatic heterocycles. The third-order valence-corrected chi connectivity index (χ3v) is 4.97. The number of nitrogens with zero attached hydrogens (tertiary/aromatic N) is 2. The van der Waals surface area contributed by atoms with Crippen LogP contribution in [0.4, 0.5) is 0 Å². The maximum absolute atomic E-state index is 11.4. The minimum absolute atomic E-state index is 0.0486. The van der Waals surface area contributed by atoms with Gasteiger partial charge in [0.2, 0.25) is 5.91 Å². The lowest BCUT2D eigenvalue weighted by Crippen LogP contribution is -2.55. The van der Waals surface area contributed by atoms with Crippen molar-refractivity contribution in [1.29, 1.82) is 5.26 Å². The van der Waals surface area contributed by atoms with E-state index in [0.717, 1.165) is 44.7 Å². The molecule has 0 unspecified atom stereocenters. The third kappa shape index (κ3) is 4.71. The number of likely N-dealkylation sites (tertiary alicyclic amines) is 1. The van der Waals surface area contributed by atoms with Gasteiger partial charge in [-0.25, -0.2) is 0 Å². The molecular formula is C19H25N3O3. The van der Waals surface area contributed by atoms with Gasteiger partial charge in [-0.1, -0.05) is 0 Å². The first-order chi connectivity index (χ1) is 12.2. The molecule has 1 amide bonds. The van der Waals surface area contributed by atoms with Crippen LogP contribution in [-0.2, 0) is 9.53 Å². The van der Waals surface area contributed by atoms with E-state index >= 15 is 0 Å². The van der Waals surface area contributed by atoms with E-state index in [1.165, 1.54) is 0 Å². The van der Waals surface area contributed by atoms with E-state index in [2.05, 4.69) is 11.4 Å². The highest BCUT2D eigenvalue weighted by Crippen LogP contribution is 2.20. The molecule has 6 nitrogen and oxygen atoms in total. The Balaban J connectivity index is 1.55. The molecule has 0 aliphatic carbocycles. The lowest BCUT2D eigenvalue weighted by molar-refractivity contribution is -0.130. The maximum atomic E-state index is 11.4. The van der Waals surface area contributed by atoms with Gasteiger partial charge in [0.25, 0.3) is 0 Å². The van der Waals surface area contributed by atoms with Crippen molar-refractivity contribution < 1.29 is 14.3 Å². The van der Waals surface area contributed by atoms with E-state index in [-0.39, 0.29) is 18.1 Å². The molecule has 0 bridgehead atoms. The summed E-state index contributed by atoms with van der Waals surface area (Å²) in [5, 5.41) is 12.6. The minimum atomic E-state index is -0.0486. The summed E-state index contributed by atoms with van der Waals surface area (Å²) in [5.74, 6) is 0.916. The normalized spacial score (nSPS) is 24.6. The number of amides is 1. The van der Waals surface area contributed by atoms with E-state index in [0.29, 0.717) is 18.2 Å². The summed E-state index contributed by atoms with van der Waals surface area (Å²) in [6, 6.07) is 9.94. The lowest BCUT2D eigenvalue weighted by Gasteiger charge is -2.38. The molecular weight excluding hydrogens is 318 g/mol. The molecule has 3 rings (SSSR count). The summed E-state index contributed by atoms with van der Waals surface area (Å²) in [5.41, 5.74) is 0.624. The Morgan fingerprint density at radius 2 is 2.00 bits per heavy atom. The third-order valence-electron chi connectivity index (χ3n) is 4.97. The van der Waals surface area contributed by atoms with E-state index in [1.807, 2.05) is 17.0 Å². The van der Waals surface area contributed by atoms with Crippen LogP contribution in [0.5, 0.6) is 5.75 Å². The number of nitrogens with one attached hydrogen (secondary N) is 1. The second kappa shape index (κ2) is 8.32. The number of hydrogen-bond acceptors (Lipinski definition) is 5. The second-order valence-corrected chi connectivity index (χ2v) is 6.71. The summed E-state index contributed by atoms with van der Waals surface area (Å²) in [4.78, 5) is 13.4. The number of nitriles is 1. The van der Waals surface area contributed by atoms with Crippen molar-refractivity contribution in [2.75, 3.05) is 26.3 Å². The molecule has 1 N–H and O–H groups in total. The molecule has 25 heavy (non-hydrogen) atoms. The van der Waals surface area contributed by atoms with E-state index in [9.17, 15) is 4.79 Å². The molecule has 2 aliphatic rings. The Kier molecular flexibility index (Phi) is 5.90. The van der Waals surface area contributed by atoms with Crippen molar-refractivity contribution in [3.63, 3.8) is 0 Å². The van der Waals surface area contributed by atoms with Crippen molar-refractivity contribution >= 4 is 5.91 Å². The van der Waals surface area contributed by atoms with E-state index in [1.54, 1.807) is 19.1 Å². The summed E-state index contributed by atoms with van der Waals surface area (Å²) in [7, 11) is 0. The summed E-state index contributed by atoms with van der Waals surface area (Å²) < 4.78 is 11.7. The highest BCUT2D eigenvalue weighted by molar-refractivity contribution is 5.73. The Morgan fingerprint density at radius 3 is 2.64 bits per heavy atom. The van der Waals surface area contributed by atoms with Crippen molar-refractivity contribution in [2.24, 2.45) is 0 Å². The Morgan fingerprint density at radius 1 is 1.28 bits per heavy atom. The number of piperidine rings is 1. The molecule has 1 aromatic rings. The molecule has 1 aromatic carbocycles. The smallest absolute Gasteiger partial charge is 0.219 e. The number of hydrogen-bond donors (Lipinski definition) is 1. The first-order valence-corrected chi connectivity index (χ1v) is 8.92. The van der Waals surface area contributed by atoms with E-state index < -0.39 is 0 Å². The Hall–Kier alpha value is -2.10. The van der Waals surface area contributed by atoms with Crippen LogP contribution >= 0.6 is 0 Å². The number of carbonyl (C=O) groups is 1. The molecule has 2 fully saturated rings. The van der Waals surface area contributed by atoms with Gasteiger partial charge in [0.05, 0.1) is 18.2 Å². The predicted octanol–water partition coefficient (Wildman–Crippen LogP) is 1.70. The predicted molar refractivity (Wildman–Crippen MR) is 93.2 cm³/mol. The average molecular weight is 343 g/mol. The minimum Gasteiger partial charge on any atom is -0.486 e. The van der Waals surface area contributed by atoms with Crippen molar-refractivity contribution in [2.45, 2.75) is 44.4 Å². The maximum Gasteiger partial charge on any atom is 0.219 e. The molecule has 6 heteroatoms. The second-order valence-electron chi connectivity index (χ2n) is 6.71. The molecule has 2 atom stereocenters. The highest BCUT2D eigenvalue weighted by atomic mass is 16.5. The van der Waals surface area contributed by atoms with Gasteiger partial charge in [-0.15, -0.1) is 0 Å². The summed E-state index contributed by atoms with van der Waals surface area (Å²) >= 11 is 0. The number of ether oxygens (including phenoxy) is 2. The molecule has 0 radical (unpaired) electrons. The van der Waals surface area contributed by atoms with Crippen LogP contribution < -0.4 is 10.1 Å². The van der Waals surface area contributed by atoms with Crippen LogP contribution in [0.15, 0.2) is 24.3 Å². The number of rotatable bonds is 4. The standard InChI is InChI=1S/C19H25N3O3/c1-14(23)22-9-6-16(7-10-22)21-18-8-11-24-13-19(18)25-17-4-2-15(12-20)3-5-17/h2-5,16,18-19,21H,6-11,13H2,1H3/t18-,19-/m1/s1. The zero-order valence-electron chi connectivity index (χ0n) is 14.6. The highest BCUT2D eigenvalue weighted by Gasteiger charge is 2.31. The Bertz CT molecular complexity index is 618. The van der Waals surface area contributed by atoms with Crippen molar-refractivity contribution in [1.82, 2.24) is 10.2 Å². The molecule has 2 heterocycles. The van der Waals surface area contributed by atoms with Crippen LogP contribution in [0.25, 0.3) is 0 Å². The van der Waals surface area contributed by atoms with Gasteiger partial charge >= 0.3 is 0 Å². The number of benzene rings is 1. The average Bonchev–Trinajstić information content (AvgIpc) is 2.64. The van der Waals surface area contributed by atoms with Crippen molar-refractivity contribution in [3.05, 3.63) is 29.8 Å². The van der Waals surface area contributed by atoms with Gasteiger partial charge in [0.1, 0.15) is 11.9 Å². The van der Waals surface area contributed by atoms with Gasteiger partial charge in [0.15, 0.2) is 0 Å². The fourth-order valence-corrected chi connectivity index (χ4v) is 3.47. The van der Waals surface area contributed by atoms with Gasteiger partial charge in [-0.2, -0.15) is 5.26 Å². The van der Waals surface area contributed by atoms with Crippen LogP contribution in [0.3, 0.4) is 0 Å². The van der Waals surface area contributed by atoms with Gasteiger partial charge < -0.3 is 19.7 Å². The quantitative estimate of drug-likeness (QED) is 0.901. The summed E-state index contributed by atoms with van der Waals surface area (Å²) in [6.07, 6.45) is 2.81. The molecule has 0 saturated carbocycles. The largest absolute Gasteiger partial charge is 0.486 e. The van der Waals surface area contributed by atoms with E-state index in [4.69, 9.17) is 14.7 Å². The molecule has 134 valence electrons. The van der Waals surface area contributed by atoms with Crippen LogP contribution in [0, 0.1) is 11.3 Å². The molecule has 0 aromatic heterocycles. The first-order valence-electron chi connectivity index (χ1n) is 8.92. The van der Waals surface area contributed by atoms with Gasteiger partial charge in [-0.05, 0) is 43.5 Å². The molecule has 2 saturated heterocycles. The van der Waals surface area contributed by atoms with Gasteiger partial charge in [0, 0.05) is 38.7 Å². The zero-order valence-corrected chi connectivity index (χ0v) is 14.6.